The maximum Gasteiger partial charge on any atom is 0.273 e. The summed E-state index contributed by atoms with van der Waals surface area (Å²) in [5.41, 5.74) is 5.59. The van der Waals surface area contributed by atoms with Gasteiger partial charge in [0.1, 0.15) is 11.8 Å². The molecule has 1 amide bonds. The molecule has 168 valence electrons. The third kappa shape index (κ3) is 4.58. The van der Waals surface area contributed by atoms with Crippen molar-refractivity contribution in [1.82, 2.24) is 15.2 Å². The van der Waals surface area contributed by atoms with E-state index in [0.29, 0.717) is 24.2 Å². The first-order chi connectivity index (χ1) is 16.7. The van der Waals surface area contributed by atoms with E-state index in [1.165, 1.54) is 0 Å². The van der Waals surface area contributed by atoms with Crippen LogP contribution in [0.2, 0.25) is 0 Å². The molecule has 0 aliphatic rings. The predicted octanol–water partition coefficient (Wildman–Crippen LogP) is 5.08. The van der Waals surface area contributed by atoms with Crippen molar-refractivity contribution in [3.8, 4) is 0 Å². The summed E-state index contributed by atoms with van der Waals surface area (Å²) in [7, 11) is 0. The number of pyridine rings is 1. The molecule has 0 fully saturated rings. The van der Waals surface area contributed by atoms with Gasteiger partial charge >= 0.3 is 0 Å². The average molecular weight is 449 g/mol. The fourth-order valence-electron chi connectivity index (χ4n) is 4.16. The van der Waals surface area contributed by atoms with Gasteiger partial charge in [-0.15, -0.1) is 0 Å². The number of anilines is 1. The SMILES string of the molecule is O=C(Nc1ccc2ncccc2c1)c1[nH]ncc1CCc1ccccc1C(O)c1ccccc1. The average Bonchev–Trinajstić information content (AvgIpc) is 3.36. The number of amides is 1. The highest BCUT2D eigenvalue weighted by atomic mass is 16.3. The molecule has 3 aromatic carbocycles. The van der Waals surface area contributed by atoms with Crippen LogP contribution in [-0.4, -0.2) is 26.2 Å². The van der Waals surface area contributed by atoms with Crippen molar-refractivity contribution in [2.24, 2.45) is 0 Å². The maximum absolute atomic E-state index is 13.0. The number of carbonyl (C=O) groups is 1. The lowest BCUT2D eigenvalue weighted by Gasteiger charge is -2.16. The van der Waals surface area contributed by atoms with Crippen LogP contribution in [0.3, 0.4) is 0 Å². The van der Waals surface area contributed by atoms with E-state index in [2.05, 4.69) is 20.5 Å². The van der Waals surface area contributed by atoms with Crippen molar-refractivity contribution >= 4 is 22.5 Å². The topological polar surface area (TPSA) is 90.9 Å². The summed E-state index contributed by atoms with van der Waals surface area (Å²) in [6.45, 7) is 0. The summed E-state index contributed by atoms with van der Waals surface area (Å²) >= 11 is 0. The normalized spacial score (nSPS) is 11.9. The summed E-state index contributed by atoms with van der Waals surface area (Å²) in [5, 5.41) is 21.8. The van der Waals surface area contributed by atoms with Crippen molar-refractivity contribution in [2.75, 3.05) is 5.32 Å². The molecule has 3 N–H and O–H groups in total. The Morgan fingerprint density at radius 1 is 0.912 bits per heavy atom. The molecule has 34 heavy (non-hydrogen) atoms. The molecule has 2 aromatic heterocycles. The molecule has 0 aliphatic heterocycles. The van der Waals surface area contributed by atoms with Gasteiger partial charge in [0.2, 0.25) is 0 Å². The molecular formula is C28H24N4O2. The smallest absolute Gasteiger partial charge is 0.273 e. The molecule has 0 saturated carbocycles. The van der Waals surface area contributed by atoms with Gasteiger partial charge in [0.05, 0.1) is 11.7 Å². The molecule has 0 aliphatic carbocycles. The zero-order valence-electron chi connectivity index (χ0n) is 18.5. The van der Waals surface area contributed by atoms with E-state index in [1.54, 1.807) is 12.4 Å². The Bertz CT molecular complexity index is 1430. The van der Waals surface area contributed by atoms with E-state index in [0.717, 1.165) is 33.2 Å². The summed E-state index contributed by atoms with van der Waals surface area (Å²) in [4.78, 5) is 17.3. The highest BCUT2D eigenvalue weighted by molar-refractivity contribution is 6.04. The standard InChI is InChI=1S/C28H24N4O2/c33-27(20-8-2-1-3-9-20)24-11-5-4-7-19(24)12-13-22-18-30-32-26(22)28(34)31-23-14-15-25-21(17-23)10-6-16-29-25/h1-11,14-18,27,33H,12-13H2,(H,30,32)(H,31,34). The lowest BCUT2D eigenvalue weighted by molar-refractivity contribution is 0.102. The molecule has 1 unspecified atom stereocenters. The van der Waals surface area contributed by atoms with Gasteiger partial charge in [-0.05, 0) is 53.8 Å². The third-order valence-electron chi connectivity index (χ3n) is 5.93. The first-order valence-electron chi connectivity index (χ1n) is 11.2. The minimum absolute atomic E-state index is 0.242. The van der Waals surface area contributed by atoms with Gasteiger partial charge in [-0.1, -0.05) is 60.7 Å². The van der Waals surface area contributed by atoms with Crippen LogP contribution in [0.15, 0.2) is 97.3 Å². The molecule has 0 radical (unpaired) electrons. The second-order valence-corrected chi connectivity index (χ2v) is 8.15. The van der Waals surface area contributed by atoms with Crippen LogP contribution in [0.4, 0.5) is 5.69 Å². The first kappa shape index (κ1) is 21.6. The van der Waals surface area contributed by atoms with Crippen LogP contribution in [0.1, 0.15) is 38.8 Å². The molecule has 5 rings (SSSR count). The Morgan fingerprint density at radius 2 is 1.71 bits per heavy atom. The lowest BCUT2D eigenvalue weighted by atomic mass is 9.93. The van der Waals surface area contributed by atoms with E-state index in [9.17, 15) is 9.90 Å². The van der Waals surface area contributed by atoms with Crippen LogP contribution in [0.25, 0.3) is 10.9 Å². The Hall–Kier alpha value is -4.29. The maximum atomic E-state index is 13.0. The van der Waals surface area contributed by atoms with Gasteiger partial charge in [-0.3, -0.25) is 14.9 Å². The number of rotatable bonds is 7. The number of aromatic nitrogens is 3. The van der Waals surface area contributed by atoms with Gasteiger partial charge < -0.3 is 10.4 Å². The number of hydrogen-bond donors (Lipinski definition) is 3. The van der Waals surface area contributed by atoms with E-state index in [4.69, 9.17) is 0 Å². The summed E-state index contributed by atoms with van der Waals surface area (Å²) in [6.07, 6.45) is 4.01. The molecule has 2 heterocycles. The first-order valence-corrected chi connectivity index (χ1v) is 11.2. The van der Waals surface area contributed by atoms with Gasteiger partial charge in [-0.25, -0.2) is 0 Å². The van der Waals surface area contributed by atoms with E-state index in [-0.39, 0.29) is 5.91 Å². The Kier molecular flexibility index (Phi) is 6.14. The van der Waals surface area contributed by atoms with Crippen molar-refractivity contribution < 1.29 is 9.90 Å². The molecule has 6 heteroatoms. The minimum Gasteiger partial charge on any atom is -0.384 e. The number of aliphatic hydroxyl groups excluding tert-OH is 1. The number of aliphatic hydroxyl groups is 1. The number of aromatic amines is 1. The number of fused-ring (bicyclic) bond motifs is 1. The van der Waals surface area contributed by atoms with Gasteiger partial charge in [0, 0.05) is 22.8 Å². The lowest BCUT2D eigenvalue weighted by Crippen LogP contribution is -2.15. The fraction of sp³-hybridized carbons (Fsp3) is 0.107. The van der Waals surface area contributed by atoms with E-state index in [1.807, 2.05) is 84.9 Å². The predicted molar refractivity (Wildman–Crippen MR) is 133 cm³/mol. The highest BCUT2D eigenvalue weighted by Gasteiger charge is 2.17. The third-order valence-corrected chi connectivity index (χ3v) is 5.93. The molecule has 0 spiro atoms. The van der Waals surface area contributed by atoms with Crippen molar-refractivity contribution in [1.29, 1.82) is 0 Å². The molecule has 0 saturated heterocycles. The van der Waals surface area contributed by atoms with E-state index >= 15 is 0 Å². The fourth-order valence-corrected chi connectivity index (χ4v) is 4.16. The van der Waals surface area contributed by atoms with Crippen molar-refractivity contribution in [2.45, 2.75) is 18.9 Å². The molecule has 5 aromatic rings. The van der Waals surface area contributed by atoms with Gasteiger partial charge in [0.15, 0.2) is 0 Å². The second-order valence-electron chi connectivity index (χ2n) is 8.15. The van der Waals surface area contributed by atoms with E-state index < -0.39 is 6.10 Å². The van der Waals surface area contributed by atoms with Crippen molar-refractivity contribution in [3.05, 3.63) is 125 Å². The van der Waals surface area contributed by atoms with Crippen LogP contribution in [-0.2, 0) is 12.8 Å². The minimum atomic E-state index is -0.702. The molecule has 1 atom stereocenters. The summed E-state index contributed by atoms with van der Waals surface area (Å²) in [6, 6.07) is 26.9. The second kappa shape index (κ2) is 9.68. The zero-order chi connectivity index (χ0) is 23.3. The van der Waals surface area contributed by atoms with Crippen LogP contribution >= 0.6 is 0 Å². The number of H-pyrrole nitrogens is 1. The highest BCUT2D eigenvalue weighted by Crippen LogP contribution is 2.26. The number of nitrogens with one attached hydrogen (secondary N) is 2. The number of nitrogens with zero attached hydrogens (tertiary/aromatic N) is 2. The number of benzene rings is 3. The van der Waals surface area contributed by atoms with Gasteiger partial charge in [-0.2, -0.15) is 5.10 Å². The van der Waals surface area contributed by atoms with Crippen molar-refractivity contribution in [3.63, 3.8) is 0 Å². The number of hydrogen-bond acceptors (Lipinski definition) is 4. The van der Waals surface area contributed by atoms with Gasteiger partial charge in [0.25, 0.3) is 5.91 Å². The molecular weight excluding hydrogens is 424 g/mol. The molecule has 6 nitrogen and oxygen atoms in total. The summed E-state index contributed by atoms with van der Waals surface area (Å²) in [5.74, 6) is -0.242. The number of carbonyl (C=O) groups excluding carboxylic acids is 1. The Morgan fingerprint density at radius 3 is 2.59 bits per heavy atom. The summed E-state index contributed by atoms with van der Waals surface area (Å²) < 4.78 is 0. The molecule has 0 bridgehead atoms. The Balaban J connectivity index is 1.31. The quantitative estimate of drug-likeness (QED) is 0.324. The Labute approximate surface area is 197 Å². The largest absolute Gasteiger partial charge is 0.384 e. The van der Waals surface area contributed by atoms with Crippen LogP contribution in [0, 0.1) is 0 Å². The van der Waals surface area contributed by atoms with Crippen LogP contribution < -0.4 is 5.32 Å². The monoisotopic (exact) mass is 448 g/mol. The van der Waals surface area contributed by atoms with Crippen LogP contribution in [0.5, 0.6) is 0 Å². The zero-order valence-corrected chi connectivity index (χ0v) is 18.5. The number of aryl methyl sites for hydroxylation is 2.